The summed E-state index contributed by atoms with van der Waals surface area (Å²) in [6.07, 6.45) is 1.96. The van der Waals surface area contributed by atoms with Crippen molar-refractivity contribution in [2.75, 3.05) is 20.2 Å². The number of benzene rings is 1. The minimum absolute atomic E-state index is 0.244. The molecule has 1 aromatic carbocycles. The maximum absolute atomic E-state index is 6.15. The Bertz CT molecular complexity index is 421. The van der Waals surface area contributed by atoms with E-state index < -0.39 is 0 Å². The Kier molecular flexibility index (Phi) is 4.49. The number of halogens is 1. The highest BCUT2D eigenvalue weighted by atomic mass is 35.5. The van der Waals surface area contributed by atoms with Gasteiger partial charge < -0.3 is 15.4 Å². The first-order chi connectivity index (χ1) is 8.56. The van der Waals surface area contributed by atoms with Crippen LogP contribution in [0, 0.1) is 0 Å². The van der Waals surface area contributed by atoms with Gasteiger partial charge in [0, 0.05) is 29.6 Å². The first-order valence-electron chi connectivity index (χ1n) is 6.44. The highest BCUT2D eigenvalue weighted by molar-refractivity contribution is 6.30. The van der Waals surface area contributed by atoms with Gasteiger partial charge in [-0.15, -0.1) is 0 Å². The maximum Gasteiger partial charge on any atom is 0.127 e. The van der Waals surface area contributed by atoms with Crippen molar-refractivity contribution >= 4 is 11.6 Å². The van der Waals surface area contributed by atoms with Crippen LogP contribution < -0.4 is 10.5 Å². The number of ether oxygens (including phenoxy) is 1. The third kappa shape index (κ3) is 3.37. The van der Waals surface area contributed by atoms with Gasteiger partial charge >= 0.3 is 0 Å². The fourth-order valence-electron chi connectivity index (χ4n) is 2.26. The molecule has 0 bridgehead atoms. The molecule has 0 aromatic heterocycles. The lowest BCUT2D eigenvalue weighted by Gasteiger charge is -2.19. The van der Waals surface area contributed by atoms with Crippen LogP contribution >= 0.6 is 11.6 Å². The number of nitrogens with zero attached hydrogens (tertiary/aromatic N) is 1. The summed E-state index contributed by atoms with van der Waals surface area (Å²) in [5.41, 5.74) is 8.19. The minimum Gasteiger partial charge on any atom is -0.493 e. The number of nitrogens with two attached hydrogens (primary N) is 1. The van der Waals surface area contributed by atoms with Gasteiger partial charge in [0.2, 0.25) is 0 Å². The van der Waals surface area contributed by atoms with Gasteiger partial charge in [-0.3, -0.25) is 0 Å². The quantitative estimate of drug-likeness (QED) is 0.892. The molecule has 0 radical (unpaired) electrons. The molecule has 4 heteroatoms. The highest BCUT2D eigenvalue weighted by Crippen LogP contribution is 2.33. The van der Waals surface area contributed by atoms with Gasteiger partial charge in [0.1, 0.15) is 5.75 Å². The van der Waals surface area contributed by atoms with Gasteiger partial charge in [-0.05, 0) is 44.6 Å². The van der Waals surface area contributed by atoms with Crippen molar-refractivity contribution in [3.05, 3.63) is 28.3 Å². The zero-order valence-corrected chi connectivity index (χ0v) is 11.8. The molecule has 1 unspecified atom stereocenters. The predicted octanol–water partition coefficient (Wildman–Crippen LogP) is 2.44. The zero-order chi connectivity index (χ0) is 13.1. The normalized spacial score (nSPS) is 15.6. The molecule has 0 fully saturated rings. The zero-order valence-electron chi connectivity index (χ0n) is 11.1. The molecular formula is C14H21ClN2O. The fraction of sp³-hybridized carbons (Fsp3) is 0.571. The van der Waals surface area contributed by atoms with Crippen molar-refractivity contribution in [2.24, 2.45) is 5.73 Å². The van der Waals surface area contributed by atoms with Crippen molar-refractivity contribution in [1.82, 2.24) is 4.90 Å². The van der Waals surface area contributed by atoms with Crippen LogP contribution in [0.3, 0.4) is 0 Å². The van der Waals surface area contributed by atoms with Crippen molar-refractivity contribution in [1.29, 1.82) is 0 Å². The van der Waals surface area contributed by atoms with Crippen LogP contribution in [0.25, 0.3) is 0 Å². The van der Waals surface area contributed by atoms with Crippen LogP contribution in [0.15, 0.2) is 12.1 Å². The van der Waals surface area contributed by atoms with Crippen LogP contribution in [0.2, 0.25) is 5.02 Å². The molecule has 1 atom stereocenters. The Labute approximate surface area is 114 Å². The lowest BCUT2D eigenvalue weighted by molar-refractivity contribution is 0.301. The number of hydrogen-bond acceptors (Lipinski definition) is 3. The molecule has 1 heterocycles. The molecule has 0 amide bonds. The first kappa shape index (κ1) is 13.7. The first-order valence-corrected chi connectivity index (χ1v) is 6.82. The molecule has 0 aliphatic carbocycles. The summed E-state index contributed by atoms with van der Waals surface area (Å²) < 4.78 is 5.70. The summed E-state index contributed by atoms with van der Waals surface area (Å²) in [6, 6.07) is 4.26. The van der Waals surface area contributed by atoms with E-state index in [1.807, 2.05) is 19.1 Å². The molecule has 18 heavy (non-hydrogen) atoms. The smallest absolute Gasteiger partial charge is 0.127 e. The summed E-state index contributed by atoms with van der Waals surface area (Å²) in [6.45, 7) is 4.65. The summed E-state index contributed by atoms with van der Waals surface area (Å²) >= 11 is 6.15. The molecular weight excluding hydrogens is 248 g/mol. The minimum atomic E-state index is 0.244. The largest absolute Gasteiger partial charge is 0.493 e. The summed E-state index contributed by atoms with van der Waals surface area (Å²) in [5.74, 6) is 1.03. The molecule has 0 spiro atoms. The maximum atomic E-state index is 6.15. The van der Waals surface area contributed by atoms with Crippen LogP contribution in [-0.4, -0.2) is 31.1 Å². The molecule has 1 aromatic rings. The highest BCUT2D eigenvalue weighted by Gasteiger charge is 2.18. The van der Waals surface area contributed by atoms with Crippen molar-refractivity contribution in [3.63, 3.8) is 0 Å². The second-order valence-electron chi connectivity index (χ2n) is 5.16. The van der Waals surface area contributed by atoms with Crippen LogP contribution in [-0.2, 0) is 13.0 Å². The average molecular weight is 269 g/mol. The molecule has 1 aliphatic heterocycles. The van der Waals surface area contributed by atoms with Gasteiger partial charge in [-0.25, -0.2) is 0 Å². The summed E-state index contributed by atoms with van der Waals surface area (Å²) in [4.78, 5) is 2.26. The Balaban J connectivity index is 2.05. The standard InChI is InChI=1S/C14H21ClN2O/c1-10(16)3-5-17(2)9-12-8-13(15)7-11-4-6-18-14(11)12/h7-8,10H,3-6,9,16H2,1-2H3. The topological polar surface area (TPSA) is 38.5 Å². The van der Waals surface area contributed by atoms with Gasteiger partial charge in [-0.2, -0.15) is 0 Å². The monoisotopic (exact) mass is 268 g/mol. The molecule has 2 N–H and O–H groups in total. The SMILES string of the molecule is CC(N)CCN(C)Cc1cc(Cl)cc2c1OCC2. The summed E-state index contributed by atoms with van der Waals surface area (Å²) in [5, 5.41) is 0.801. The Morgan fingerprint density at radius 2 is 2.28 bits per heavy atom. The molecule has 0 saturated carbocycles. The Hall–Kier alpha value is -0.770. The van der Waals surface area contributed by atoms with E-state index in [0.29, 0.717) is 0 Å². The van der Waals surface area contributed by atoms with Gasteiger partial charge in [0.15, 0.2) is 0 Å². The molecule has 100 valence electrons. The molecule has 2 rings (SSSR count). The van der Waals surface area contributed by atoms with Crippen LogP contribution in [0.1, 0.15) is 24.5 Å². The molecule has 0 saturated heterocycles. The number of rotatable bonds is 5. The van der Waals surface area contributed by atoms with Gasteiger partial charge in [0.05, 0.1) is 6.61 Å². The molecule has 1 aliphatic rings. The lowest BCUT2D eigenvalue weighted by Crippen LogP contribution is -2.25. The van der Waals surface area contributed by atoms with E-state index in [0.717, 1.165) is 43.3 Å². The van der Waals surface area contributed by atoms with Crippen molar-refractivity contribution in [2.45, 2.75) is 32.4 Å². The summed E-state index contributed by atoms with van der Waals surface area (Å²) in [7, 11) is 2.10. The third-order valence-electron chi connectivity index (χ3n) is 3.23. The second kappa shape index (κ2) is 5.91. The second-order valence-corrected chi connectivity index (χ2v) is 5.59. The van der Waals surface area contributed by atoms with E-state index in [4.69, 9.17) is 22.1 Å². The average Bonchev–Trinajstić information content (AvgIpc) is 2.74. The van der Waals surface area contributed by atoms with E-state index in [2.05, 4.69) is 11.9 Å². The van der Waals surface area contributed by atoms with E-state index in [1.54, 1.807) is 0 Å². The van der Waals surface area contributed by atoms with E-state index in [9.17, 15) is 0 Å². The number of fused-ring (bicyclic) bond motifs is 1. The third-order valence-corrected chi connectivity index (χ3v) is 3.45. The van der Waals surface area contributed by atoms with E-state index in [-0.39, 0.29) is 6.04 Å². The van der Waals surface area contributed by atoms with Crippen LogP contribution in [0.5, 0.6) is 5.75 Å². The number of hydrogen-bond donors (Lipinski definition) is 1. The van der Waals surface area contributed by atoms with Gasteiger partial charge in [0.25, 0.3) is 0 Å². The van der Waals surface area contributed by atoms with E-state index >= 15 is 0 Å². The Morgan fingerprint density at radius 1 is 1.50 bits per heavy atom. The van der Waals surface area contributed by atoms with Crippen LogP contribution in [0.4, 0.5) is 0 Å². The molecule has 3 nitrogen and oxygen atoms in total. The van der Waals surface area contributed by atoms with E-state index in [1.165, 1.54) is 11.1 Å². The fourth-order valence-corrected chi connectivity index (χ4v) is 2.52. The predicted molar refractivity (Wildman–Crippen MR) is 75.3 cm³/mol. The van der Waals surface area contributed by atoms with Crippen molar-refractivity contribution in [3.8, 4) is 5.75 Å². The van der Waals surface area contributed by atoms with Gasteiger partial charge in [-0.1, -0.05) is 11.6 Å². The van der Waals surface area contributed by atoms with Crippen molar-refractivity contribution < 1.29 is 4.74 Å². The Morgan fingerprint density at radius 3 is 3.00 bits per heavy atom. The lowest BCUT2D eigenvalue weighted by atomic mass is 10.1.